The highest BCUT2D eigenvalue weighted by Crippen LogP contribution is 2.38. The first-order valence-electron chi connectivity index (χ1n) is 15.4. The SMILES string of the molecule is C=C[C@@H](C)[C@H](C/C=C/C(=O)N[C@H](Cc1ccc(OC)cc1)C(=O)N1CCC1=O)OC(=O)[C@H](CC(C)C)O[Si](C)(C)C(C)(C)C. The molecule has 10 heteroatoms. The molecule has 0 saturated carbocycles. The van der Waals surface area contributed by atoms with Crippen LogP contribution >= 0.6 is 0 Å². The number of methoxy groups -OCH3 is 1. The smallest absolute Gasteiger partial charge is 0.334 e. The maximum absolute atomic E-state index is 13.4. The first-order valence-corrected chi connectivity index (χ1v) is 18.3. The van der Waals surface area contributed by atoms with Crippen LogP contribution in [-0.2, 0) is 34.8 Å². The molecular weight excluding hydrogens is 576 g/mol. The van der Waals surface area contributed by atoms with Crippen LogP contribution in [0.2, 0.25) is 18.1 Å². The molecule has 1 aliphatic heterocycles. The van der Waals surface area contributed by atoms with E-state index in [4.69, 9.17) is 13.9 Å². The lowest BCUT2D eigenvalue weighted by molar-refractivity contribution is -0.160. The molecule has 4 atom stereocenters. The zero-order valence-corrected chi connectivity index (χ0v) is 29.0. The molecular formula is C34H52N2O7Si. The van der Waals surface area contributed by atoms with Gasteiger partial charge in [0.15, 0.2) is 8.32 Å². The average Bonchev–Trinajstić information content (AvgIpc) is 2.93. The van der Waals surface area contributed by atoms with E-state index in [1.165, 1.54) is 11.0 Å². The predicted octanol–water partition coefficient (Wildman–Crippen LogP) is 5.60. The van der Waals surface area contributed by atoms with E-state index in [1.807, 2.05) is 32.9 Å². The molecule has 3 amide bonds. The molecule has 2 rings (SSSR count). The maximum Gasteiger partial charge on any atom is 0.334 e. The van der Waals surface area contributed by atoms with Gasteiger partial charge < -0.3 is 19.2 Å². The van der Waals surface area contributed by atoms with Crippen molar-refractivity contribution in [2.45, 2.75) is 104 Å². The summed E-state index contributed by atoms with van der Waals surface area (Å²) in [6.07, 6.45) is 4.77. The summed E-state index contributed by atoms with van der Waals surface area (Å²) in [6.45, 7) is 20.8. The Hall–Kier alpha value is -3.24. The Morgan fingerprint density at radius 1 is 1.11 bits per heavy atom. The summed E-state index contributed by atoms with van der Waals surface area (Å²) in [5.41, 5.74) is 0.809. The van der Waals surface area contributed by atoms with Gasteiger partial charge in [-0.15, -0.1) is 6.58 Å². The van der Waals surface area contributed by atoms with Gasteiger partial charge in [0.05, 0.1) is 7.11 Å². The Kier molecular flexibility index (Phi) is 13.6. The predicted molar refractivity (Wildman–Crippen MR) is 174 cm³/mol. The minimum atomic E-state index is -2.24. The first kappa shape index (κ1) is 36.9. The largest absolute Gasteiger partial charge is 0.497 e. The highest BCUT2D eigenvalue weighted by Gasteiger charge is 2.42. The van der Waals surface area contributed by atoms with Crippen molar-refractivity contribution in [1.82, 2.24) is 10.2 Å². The van der Waals surface area contributed by atoms with E-state index in [1.54, 1.807) is 31.4 Å². The molecule has 0 spiro atoms. The fourth-order valence-electron chi connectivity index (χ4n) is 4.36. The highest BCUT2D eigenvalue weighted by atomic mass is 28.4. The van der Waals surface area contributed by atoms with Gasteiger partial charge in [0.25, 0.3) is 5.91 Å². The molecule has 9 nitrogen and oxygen atoms in total. The van der Waals surface area contributed by atoms with Gasteiger partial charge in [0.2, 0.25) is 11.8 Å². The van der Waals surface area contributed by atoms with Crippen molar-refractivity contribution >= 4 is 32.0 Å². The number of nitrogens with one attached hydrogen (secondary N) is 1. The van der Waals surface area contributed by atoms with Crippen molar-refractivity contribution in [3.8, 4) is 5.75 Å². The molecule has 0 radical (unpaired) electrons. The molecule has 1 fully saturated rings. The molecule has 0 aliphatic carbocycles. The van der Waals surface area contributed by atoms with Gasteiger partial charge in [-0.05, 0) is 54.2 Å². The van der Waals surface area contributed by atoms with E-state index in [0.717, 1.165) is 5.56 Å². The third-order valence-electron chi connectivity index (χ3n) is 8.38. The zero-order chi connectivity index (χ0) is 33.2. The number of benzene rings is 1. The van der Waals surface area contributed by atoms with E-state index < -0.39 is 44.4 Å². The van der Waals surface area contributed by atoms with E-state index >= 15 is 0 Å². The van der Waals surface area contributed by atoms with Crippen LogP contribution in [0.4, 0.5) is 0 Å². The van der Waals surface area contributed by atoms with Crippen LogP contribution in [0.3, 0.4) is 0 Å². The first-order chi connectivity index (χ1) is 20.5. The van der Waals surface area contributed by atoms with Crippen molar-refractivity contribution in [2.75, 3.05) is 13.7 Å². The number of carbonyl (C=O) groups is 4. The Bertz CT molecular complexity index is 1190. The van der Waals surface area contributed by atoms with Gasteiger partial charge in [0, 0.05) is 31.7 Å². The Labute approximate surface area is 264 Å². The van der Waals surface area contributed by atoms with Crippen LogP contribution < -0.4 is 10.1 Å². The van der Waals surface area contributed by atoms with Crippen LogP contribution in [0.25, 0.3) is 0 Å². The van der Waals surface area contributed by atoms with E-state index in [0.29, 0.717) is 25.1 Å². The standard InChI is InChI=1S/C34H52N2O7Si/c1-11-24(4)28(42-33(40)29(21-23(2)3)43-44(9,10)34(5,6)7)13-12-14-30(37)35-27(32(39)36-20-19-31(36)38)22-25-15-17-26(41-8)18-16-25/h11-12,14-18,23-24,27-29H,1,13,19-22H2,2-10H3,(H,35,37)/b14-12+/t24-,27-,28+,29+/m1/s1. The van der Waals surface area contributed by atoms with Gasteiger partial charge >= 0.3 is 5.97 Å². The minimum Gasteiger partial charge on any atom is -0.497 e. The normalized spacial score (nSPS) is 16.6. The molecule has 1 aromatic rings. The monoisotopic (exact) mass is 628 g/mol. The number of hydrogen-bond acceptors (Lipinski definition) is 7. The summed E-state index contributed by atoms with van der Waals surface area (Å²) in [5, 5.41) is 2.69. The average molecular weight is 629 g/mol. The topological polar surface area (TPSA) is 111 Å². The van der Waals surface area contributed by atoms with Crippen LogP contribution in [0.15, 0.2) is 49.1 Å². The quantitative estimate of drug-likeness (QED) is 0.0834. The summed E-state index contributed by atoms with van der Waals surface area (Å²) in [4.78, 5) is 52.6. The second-order valence-electron chi connectivity index (χ2n) is 13.5. The van der Waals surface area contributed by atoms with Crippen molar-refractivity contribution in [2.24, 2.45) is 11.8 Å². The van der Waals surface area contributed by atoms with E-state index in [9.17, 15) is 19.2 Å². The van der Waals surface area contributed by atoms with Gasteiger partial charge in [-0.1, -0.05) is 65.8 Å². The molecule has 1 heterocycles. The minimum absolute atomic E-state index is 0.0675. The lowest BCUT2D eigenvalue weighted by Crippen LogP contribution is -2.56. The fraction of sp³-hybridized carbons (Fsp3) is 0.588. The molecule has 0 bridgehead atoms. The highest BCUT2D eigenvalue weighted by molar-refractivity contribution is 6.74. The third kappa shape index (κ3) is 10.7. The summed E-state index contributed by atoms with van der Waals surface area (Å²) < 4.78 is 17.7. The number of imide groups is 1. The summed E-state index contributed by atoms with van der Waals surface area (Å²) in [5.74, 6) is -0.866. The molecule has 1 aromatic carbocycles. The number of esters is 1. The Morgan fingerprint density at radius 3 is 2.23 bits per heavy atom. The van der Waals surface area contributed by atoms with Crippen molar-refractivity contribution in [3.63, 3.8) is 0 Å². The molecule has 44 heavy (non-hydrogen) atoms. The van der Waals surface area contributed by atoms with E-state index in [-0.39, 0.29) is 35.6 Å². The Balaban J connectivity index is 2.14. The molecule has 0 unspecified atom stereocenters. The van der Waals surface area contributed by atoms with Crippen LogP contribution in [0.5, 0.6) is 5.75 Å². The van der Waals surface area contributed by atoms with Gasteiger partial charge in [-0.25, -0.2) is 4.79 Å². The molecule has 1 N–H and O–H groups in total. The lowest BCUT2D eigenvalue weighted by Gasteiger charge is -2.39. The van der Waals surface area contributed by atoms with Crippen LogP contribution in [0.1, 0.15) is 66.4 Å². The van der Waals surface area contributed by atoms with E-state index in [2.05, 4.69) is 45.8 Å². The third-order valence-corrected chi connectivity index (χ3v) is 12.9. The van der Waals surface area contributed by atoms with Gasteiger partial charge in [0.1, 0.15) is 24.0 Å². The number of likely N-dealkylation sites (tertiary alicyclic amines) is 1. The summed E-state index contributed by atoms with van der Waals surface area (Å²) >= 11 is 0. The van der Waals surface area contributed by atoms with Crippen molar-refractivity contribution in [3.05, 3.63) is 54.6 Å². The molecule has 0 aromatic heterocycles. The van der Waals surface area contributed by atoms with Gasteiger partial charge in [-0.3, -0.25) is 19.3 Å². The molecule has 1 saturated heterocycles. The number of β-lactam (4-membered cyclic amide) rings is 1. The number of ether oxygens (including phenoxy) is 2. The molecule has 244 valence electrons. The molecule has 1 aliphatic rings. The van der Waals surface area contributed by atoms with Crippen LogP contribution in [0, 0.1) is 11.8 Å². The van der Waals surface area contributed by atoms with Crippen molar-refractivity contribution in [1.29, 1.82) is 0 Å². The van der Waals surface area contributed by atoms with Crippen molar-refractivity contribution < 1.29 is 33.1 Å². The number of nitrogens with zero attached hydrogens (tertiary/aromatic N) is 1. The number of carbonyl (C=O) groups excluding carboxylic acids is 4. The zero-order valence-electron chi connectivity index (χ0n) is 28.0. The second-order valence-corrected chi connectivity index (χ2v) is 18.2. The fourth-order valence-corrected chi connectivity index (χ4v) is 5.62. The maximum atomic E-state index is 13.4. The lowest BCUT2D eigenvalue weighted by atomic mass is 10.0. The van der Waals surface area contributed by atoms with Gasteiger partial charge in [-0.2, -0.15) is 0 Å². The number of amides is 3. The summed E-state index contributed by atoms with van der Waals surface area (Å²) in [7, 11) is -0.673. The number of rotatable bonds is 16. The second kappa shape index (κ2) is 16.2. The Morgan fingerprint density at radius 2 is 1.75 bits per heavy atom. The summed E-state index contributed by atoms with van der Waals surface area (Å²) in [6, 6.07) is 6.26. The number of hydrogen-bond donors (Lipinski definition) is 1. The van der Waals surface area contributed by atoms with Crippen LogP contribution in [-0.4, -0.2) is 68.8 Å².